The lowest BCUT2D eigenvalue weighted by Gasteiger charge is -2.03. The van der Waals surface area contributed by atoms with Gasteiger partial charge in [-0.15, -0.1) is 10.2 Å². The van der Waals surface area contributed by atoms with Gasteiger partial charge in [-0.05, 0) is 22.9 Å². The highest BCUT2D eigenvalue weighted by Crippen LogP contribution is 2.10. The molecule has 0 bridgehead atoms. The third-order valence-electron chi connectivity index (χ3n) is 2.14. The van der Waals surface area contributed by atoms with Gasteiger partial charge in [-0.25, -0.2) is 0 Å². The molecule has 2 amide bonds. The fraction of sp³-hybridized carbons (Fsp3) is 0.100. The van der Waals surface area contributed by atoms with Crippen LogP contribution in [0.5, 0.6) is 0 Å². The molecule has 0 atom stereocenters. The van der Waals surface area contributed by atoms with E-state index < -0.39 is 11.8 Å². The van der Waals surface area contributed by atoms with Crippen molar-refractivity contribution >= 4 is 17.5 Å². The monoisotopic (exact) mass is 246 g/mol. The van der Waals surface area contributed by atoms with E-state index in [1.165, 1.54) is 0 Å². The highest BCUT2D eigenvalue weighted by molar-refractivity contribution is 6.01. The number of hydrogen-bond acceptors (Lipinski definition) is 5. The van der Waals surface area contributed by atoms with E-state index in [1.807, 2.05) is 0 Å². The molecule has 0 fully saturated rings. The fourth-order valence-corrected chi connectivity index (χ4v) is 1.35. The van der Waals surface area contributed by atoms with Gasteiger partial charge in [0, 0.05) is 5.69 Å². The number of nitrogens with two attached hydrogens (primary N) is 1. The first-order valence-electron chi connectivity index (χ1n) is 5.07. The predicted octanol–water partition coefficient (Wildman–Crippen LogP) is -0.520. The molecule has 1 aromatic carbocycles. The topological polar surface area (TPSA) is 127 Å². The van der Waals surface area contributed by atoms with Crippen molar-refractivity contribution in [1.82, 2.24) is 20.6 Å². The highest BCUT2D eigenvalue weighted by atomic mass is 16.2. The summed E-state index contributed by atoms with van der Waals surface area (Å²) in [5.41, 5.74) is 6.42. The Bertz CT molecular complexity index is 548. The van der Waals surface area contributed by atoms with Gasteiger partial charge in [-0.1, -0.05) is 12.1 Å². The summed E-state index contributed by atoms with van der Waals surface area (Å²) in [6.45, 7) is 0. The zero-order valence-electron chi connectivity index (χ0n) is 9.25. The van der Waals surface area contributed by atoms with Gasteiger partial charge < -0.3 is 11.1 Å². The SMILES string of the molecule is NC(=O)Cc1ccc(NC(=O)c2nn[nH]n2)cc1. The number of primary amides is 1. The Morgan fingerprint density at radius 3 is 2.56 bits per heavy atom. The maximum Gasteiger partial charge on any atom is 0.297 e. The second kappa shape index (κ2) is 5.04. The molecule has 0 saturated carbocycles. The van der Waals surface area contributed by atoms with Gasteiger partial charge in [0.25, 0.3) is 11.7 Å². The van der Waals surface area contributed by atoms with E-state index in [9.17, 15) is 9.59 Å². The molecule has 18 heavy (non-hydrogen) atoms. The van der Waals surface area contributed by atoms with E-state index in [1.54, 1.807) is 24.3 Å². The molecular formula is C10H10N6O2. The fourth-order valence-electron chi connectivity index (χ4n) is 1.35. The number of tetrazole rings is 1. The van der Waals surface area contributed by atoms with Gasteiger partial charge in [0.1, 0.15) is 0 Å². The number of aromatic amines is 1. The van der Waals surface area contributed by atoms with Crippen molar-refractivity contribution in [3.8, 4) is 0 Å². The largest absolute Gasteiger partial charge is 0.369 e. The Morgan fingerprint density at radius 1 is 1.28 bits per heavy atom. The van der Waals surface area contributed by atoms with Gasteiger partial charge in [-0.3, -0.25) is 9.59 Å². The summed E-state index contributed by atoms with van der Waals surface area (Å²) in [7, 11) is 0. The van der Waals surface area contributed by atoms with Crippen LogP contribution in [0.25, 0.3) is 0 Å². The molecule has 0 saturated heterocycles. The number of benzene rings is 1. The van der Waals surface area contributed by atoms with Gasteiger partial charge in [-0.2, -0.15) is 5.21 Å². The van der Waals surface area contributed by atoms with Crippen LogP contribution in [0, 0.1) is 0 Å². The second-order valence-electron chi connectivity index (χ2n) is 3.53. The number of anilines is 1. The normalized spacial score (nSPS) is 10.0. The Hall–Kier alpha value is -2.77. The van der Waals surface area contributed by atoms with Crippen LogP contribution >= 0.6 is 0 Å². The molecule has 0 aliphatic heterocycles. The standard InChI is InChI=1S/C10H10N6O2/c11-8(17)5-6-1-3-7(4-2-6)12-10(18)9-13-15-16-14-9/h1-4H,5H2,(H2,11,17)(H,12,18)(H,13,14,15,16). The molecule has 1 heterocycles. The molecule has 1 aromatic heterocycles. The second-order valence-corrected chi connectivity index (χ2v) is 3.53. The van der Waals surface area contributed by atoms with Crippen molar-refractivity contribution in [2.75, 3.05) is 5.32 Å². The molecule has 0 aliphatic carbocycles. The number of rotatable bonds is 4. The van der Waals surface area contributed by atoms with Crippen LogP contribution in [0.4, 0.5) is 5.69 Å². The van der Waals surface area contributed by atoms with Crippen LogP contribution in [-0.4, -0.2) is 32.4 Å². The quantitative estimate of drug-likeness (QED) is 0.669. The van der Waals surface area contributed by atoms with Crippen LogP contribution in [0.3, 0.4) is 0 Å². The third kappa shape index (κ3) is 2.88. The summed E-state index contributed by atoms with van der Waals surface area (Å²) < 4.78 is 0. The van der Waals surface area contributed by atoms with E-state index in [0.29, 0.717) is 5.69 Å². The maximum absolute atomic E-state index is 11.6. The number of aromatic nitrogens is 4. The van der Waals surface area contributed by atoms with Gasteiger partial charge in [0.2, 0.25) is 5.91 Å². The van der Waals surface area contributed by atoms with E-state index in [2.05, 4.69) is 25.9 Å². The minimum Gasteiger partial charge on any atom is -0.369 e. The number of carbonyl (C=O) groups excluding carboxylic acids is 2. The molecule has 2 aromatic rings. The van der Waals surface area contributed by atoms with Crippen molar-refractivity contribution in [3.63, 3.8) is 0 Å². The summed E-state index contributed by atoms with van der Waals surface area (Å²) in [5.74, 6) is -0.916. The molecule has 0 aliphatic rings. The summed E-state index contributed by atoms with van der Waals surface area (Å²) in [6, 6.07) is 6.74. The molecule has 8 nitrogen and oxygen atoms in total. The smallest absolute Gasteiger partial charge is 0.297 e. The summed E-state index contributed by atoms with van der Waals surface area (Å²) in [5, 5.41) is 15.2. The Balaban J connectivity index is 2.02. The van der Waals surface area contributed by atoms with Gasteiger partial charge in [0.15, 0.2) is 0 Å². The number of nitrogens with one attached hydrogen (secondary N) is 2. The summed E-state index contributed by atoms with van der Waals surface area (Å²) >= 11 is 0. The van der Waals surface area contributed by atoms with Gasteiger partial charge >= 0.3 is 0 Å². The Morgan fingerprint density at radius 2 is 2.00 bits per heavy atom. The molecule has 4 N–H and O–H groups in total. The molecule has 8 heteroatoms. The van der Waals surface area contributed by atoms with Crippen molar-refractivity contribution < 1.29 is 9.59 Å². The van der Waals surface area contributed by atoms with E-state index >= 15 is 0 Å². The first-order chi connectivity index (χ1) is 8.65. The average molecular weight is 246 g/mol. The number of hydrogen-bond donors (Lipinski definition) is 3. The molecule has 92 valence electrons. The first-order valence-corrected chi connectivity index (χ1v) is 5.07. The van der Waals surface area contributed by atoms with Crippen molar-refractivity contribution in [1.29, 1.82) is 0 Å². The molecule has 0 unspecified atom stereocenters. The summed E-state index contributed by atoms with van der Waals surface area (Å²) in [6.07, 6.45) is 0.166. The summed E-state index contributed by atoms with van der Waals surface area (Å²) in [4.78, 5) is 22.3. The van der Waals surface area contributed by atoms with Crippen molar-refractivity contribution in [2.24, 2.45) is 5.73 Å². The highest BCUT2D eigenvalue weighted by Gasteiger charge is 2.10. The average Bonchev–Trinajstić information content (AvgIpc) is 2.84. The lowest BCUT2D eigenvalue weighted by atomic mass is 10.1. The van der Waals surface area contributed by atoms with Crippen molar-refractivity contribution in [3.05, 3.63) is 35.7 Å². The number of amides is 2. The van der Waals surface area contributed by atoms with Crippen LogP contribution in [0.1, 0.15) is 16.2 Å². The molecule has 2 rings (SSSR count). The maximum atomic E-state index is 11.6. The molecule has 0 spiro atoms. The number of H-pyrrole nitrogens is 1. The van der Waals surface area contributed by atoms with Crippen LogP contribution in [-0.2, 0) is 11.2 Å². The van der Waals surface area contributed by atoms with Crippen LogP contribution < -0.4 is 11.1 Å². The minimum atomic E-state index is -0.466. The first kappa shape index (κ1) is 11.7. The van der Waals surface area contributed by atoms with Crippen LogP contribution in [0.2, 0.25) is 0 Å². The van der Waals surface area contributed by atoms with Gasteiger partial charge in [0.05, 0.1) is 6.42 Å². The molecular weight excluding hydrogens is 236 g/mol. The number of nitrogens with zero attached hydrogens (tertiary/aromatic N) is 3. The van der Waals surface area contributed by atoms with Crippen molar-refractivity contribution in [2.45, 2.75) is 6.42 Å². The molecule has 0 radical (unpaired) electrons. The van der Waals surface area contributed by atoms with E-state index in [4.69, 9.17) is 5.73 Å². The van der Waals surface area contributed by atoms with Crippen LogP contribution in [0.15, 0.2) is 24.3 Å². The lowest BCUT2D eigenvalue weighted by molar-refractivity contribution is -0.117. The predicted molar refractivity (Wildman–Crippen MR) is 61.5 cm³/mol. The zero-order valence-corrected chi connectivity index (χ0v) is 9.25. The third-order valence-corrected chi connectivity index (χ3v) is 2.14. The Labute approximate surface area is 102 Å². The van der Waals surface area contributed by atoms with E-state index in [-0.39, 0.29) is 12.2 Å². The lowest BCUT2D eigenvalue weighted by Crippen LogP contribution is -2.15. The minimum absolute atomic E-state index is 0.0452. The zero-order chi connectivity index (χ0) is 13.0. The number of carbonyl (C=O) groups is 2. The Kier molecular flexibility index (Phi) is 3.28. The van der Waals surface area contributed by atoms with E-state index in [0.717, 1.165) is 5.56 Å².